The van der Waals surface area contributed by atoms with Crippen LogP contribution in [-0.4, -0.2) is 0 Å². The molecule has 2 rings (SSSR count). The van der Waals surface area contributed by atoms with Crippen molar-refractivity contribution in [3.63, 3.8) is 0 Å². The van der Waals surface area contributed by atoms with E-state index in [2.05, 4.69) is 41.5 Å². The largest absolute Gasteiger partial charge is 0.0885 e. The van der Waals surface area contributed by atoms with Gasteiger partial charge in [-0.05, 0) is 50.0 Å². The molecule has 0 saturated carbocycles. The Hall–Kier alpha value is 0.254. The maximum atomic E-state index is 6.52. The molecule has 0 aromatic heterocycles. The Morgan fingerprint density at radius 2 is 1.05 bits per heavy atom. The summed E-state index contributed by atoms with van der Waals surface area (Å²) in [7, 11) is 0. The van der Waals surface area contributed by atoms with E-state index >= 15 is 0 Å². The minimum absolute atomic E-state index is 0. The van der Waals surface area contributed by atoms with E-state index in [-0.39, 0.29) is 27.1 Å². The minimum atomic E-state index is -0.113. The first-order valence-electron chi connectivity index (χ1n) is 6.79. The van der Waals surface area contributed by atoms with Gasteiger partial charge in [-0.2, -0.15) is 0 Å². The van der Waals surface area contributed by atoms with Gasteiger partial charge in [0.25, 0.3) is 0 Å². The molecule has 3 heteroatoms. The second kappa shape index (κ2) is 6.17. The second-order valence-corrected chi connectivity index (χ2v) is 7.26. The summed E-state index contributed by atoms with van der Waals surface area (Å²) in [5.74, 6) is 0. The summed E-state index contributed by atoms with van der Waals surface area (Å²) in [6.07, 6.45) is 1.78. The molecule has 0 bridgehead atoms. The fourth-order valence-electron chi connectivity index (χ4n) is 3.48. The fraction of sp³-hybridized carbons (Fsp3) is 0.529. The van der Waals surface area contributed by atoms with Gasteiger partial charge in [0.05, 0.1) is 0 Å². The third-order valence-corrected chi connectivity index (χ3v) is 5.31. The van der Waals surface area contributed by atoms with Crippen LogP contribution >= 0.6 is 23.2 Å². The molecule has 0 heterocycles. The fourth-order valence-corrected chi connectivity index (χ4v) is 4.64. The molecule has 0 nitrogen and oxygen atoms in total. The Balaban J connectivity index is 0.00000200. The molecule has 0 aromatic carbocycles. The van der Waals surface area contributed by atoms with Crippen molar-refractivity contribution in [1.82, 2.24) is 0 Å². The van der Waals surface area contributed by atoms with Gasteiger partial charge in [0.1, 0.15) is 0 Å². The van der Waals surface area contributed by atoms with E-state index in [9.17, 15) is 0 Å². The van der Waals surface area contributed by atoms with Crippen LogP contribution in [0, 0.1) is 5.41 Å². The molecular weight excluding hydrogens is 323 g/mol. The molecule has 0 fully saturated rings. The van der Waals surface area contributed by atoms with E-state index < -0.39 is 0 Å². The van der Waals surface area contributed by atoms with E-state index in [1.54, 1.807) is 0 Å². The van der Waals surface area contributed by atoms with Gasteiger partial charge in [0, 0.05) is 50.0 Å². The maximum absolute atomic E-state index is 6.52. The zero-order valence-electron chi connectivity index (χ0n) is 13.2. The number of rotatable bonds is 2. The van der Waals surface area contributed by atoms with Crippen molar-refractivity contribution in [2.24, 2.45) is 5.41 Å². The topological polar surface area (TPSA) is 0 Å². The molecule has 0 amide bonds. The van der Waals surface area contributed by atoms with Crippen LogP contribution < -0.4 is 0 Å². The SMILES string of the molecule is CC1=C(C)C(C(C)(C)C2=C(Cl)CC(C)=C2C)=C(Cl)C1.[Ti]. The van der Waals surface area contributed by atoms with Crippen LogP contribution in [0.3, 0.4) is 0 Å². The quantitative estimate of drug-likeness (QED) is 0.503. The van der Waals surface area contributed by atoms with Gasteiger partial charge in [-0.1, -0.05) is 48.2 Å². The molecule has 2 aliphatic carbocycles. The number of hydrogen-bond donors (Lipinski definition) is 0. The van der Waals surface area contributed by atoms with E-state index in [1.165, 1.54) is 33.4 Å². The predicted molar refractivity (Wildman–Crippen MR) is 85.5 cm³/mol. The van der Waals surface area contributed by atoms with Gasteiger partial charge >= 0.3 is 0 Å². The Kier molecular flexibility index (Phi) is 5.64. The summed E-state index contributed by atoms with van der Waals surface area (Å²) in [5, 5.41) is 1.96. The van der Waals surface area contributed by atoms with Crippen LogP contribution in [0.5, 0.6) is 0 Å². The first-order chi connectivity index (χ1) is 8.67. The van der Waals surface area contributed by atoms with E-state index in [0.29, 0.717) is 0 Å². The van der Waals surface area contributed by atoms with Crippen LogP contribution in [0.1, 0.15) is 54.4 Å². The van der Waals surface area contributed by atoms with Crippen LogP contribution in [0.25, 0.3) is 0 Å². The van der Waals surface area contributed by atoms with Crippen molar-refractivity contribution in [2.75, 3.05) is 0 Å². The summed E-state index contributed by atoms with van der Waals surface area (Å²) in [5.41, 5.74) is 7.86. The van der Waals surface area contributed by atoms with Gasteiger partial charge in [-0.3, -0.25) is 0 Å². The van der Waals surface area contributed by atoms with E-state index in [1.807, 2.05) is 0 Å². The van der Waals surface area contributed by atoms with Gasteiger partial charge in [-0.15, -0.1) is 0 Å². The first-order valence-corrected chi connectivity index (χ1v) is 7.55. The number of allylic oxidation sites excluding steroid dienone is 8. The summed E-state index contributed by atoms with van der Waals surface area (Å²) in [6.45, 7) is 13.2. The van der Waals surface area contributed by atoms with Crippen LogP contribution in [0.15, 0.2) is 43.5 Å². The second-order valence-electron chi connectivity index (χ2n) is 6.35. The zero-order chi connectivity index (χ0) is 14.5. The molecule has 0 N–H and O–H groups in total. The van der Waals surface area contributed by atoms with Crippen molar-refractivity contribution in [1.29, 1.82) is 0 Å². The molecule has 20 heavy (non-hydrogen) atoms. The van der Waals surface area contributed by atoms with Crippen molar-refractivity contribution < 1.29 is 21.7 Å². The molecule has 2 aliphatic rings. The summed E-state index contributed by atoms with van der Waals surface area (Å²) in [6, 6.07) is 0. The number of hydrogen-bond acceptors (Lipinski definition) is 0. The van der Waals surface area contributed by atoms with Crippen molar-refractivity contribution in [3.8, 4) is 0 Å². The average Bonchev–Trinajstić information content (AvgIpc) is 2.66. The molecule has 0 atom stereocenters. The third-order valence-electron chi connectivity index (χ3n) is 4.66. The Labute approximate surface area is 147 Å². The summed E-state index contributed by atoms with van der Waals surface area (Å²) < 4.78 is 0. The molecular formula is C17H22Cl2Ti. The first kappa shape index (κ1) is 18.3. The van der Waals surface area contributed by atoms with Crippen LogP contribution in [0.4, 0.5) is 0 Å². The van der Waals surface area contributed by atoms with Gasteiger partial charge < -0.3 is 0 Å². The predicted octanol–water partition coefficient (Wildman–Crippen LogP) is 6.48. The van der Waals surface area contributed by atoms with Gasteiger partial charge in [0.2, 0.25) is 0 Å². The molecule has 0 spiro atoms. The summed E-state index contributed by atoms with van der Waals surface area (Å²) >= 11 is 13.0. The minimum Gasteiger partial charge on any atom is -0.0885 e. The van der Waals surface area contributed by atoms with Crippen molar-refractivity contribution in [3.05, 3.63) is 43.5 Å². The Bertz CT molecular complexity index is 522. The molecule has 0 unspecified atom stereocenters. The molecule has 0 radical (unpaired) electrons. The number of halogens is 2. The monoisotopic (exact) mass is 344 g/mol. The summed E-state index contributed by atoms with van der Waals surface area (Å²) in [4.78, 5) is 0. The Morgan fingerprint density at radius 1 is 0.750 bits per heavy atom. The molecule has 108 valence electrons. The van der Waals surface area contributed by atoms with Crippen molar-refractivity contribution in [2.45, 2.75) is 54.4 Å². The van der Waals surface area contributed by atoms with Crippen LogP contribution in [0.2, 0.25) is 0 Å². The standard InChI is InChI=1S/C17H22Cl2.Ti/c1-9-7-13(18)15(11(9)3)17(5,6)16-12(4)10(2)8-14(16)19;/h7-8H2,1-6H3;. The normalized spacial score (nSPS) is 20.4. The third kappa shape index (κ3) is 2.77. The van der Waals surface area contributed by atoms with E-state index in [0.717, 1.165) is 22.9 Å². The van der Waals surface area contributed by atoms with Gasteiger partial charge in [0.15, 0.2) is 0 Å². The maximum Gasteiger partial charge on any atom is 0.0265 e. The van der Waals surface area contributed by atoms with Gasteiger partial charge in [-0.25, -0.2) is 0 Å². The molecule has 0 aliphatic heterocycles. The van der Waals surface area contributed by atoms with Crippen LogP contribution in [-0.2, 0) is 21.7 Å². The average molecular weight is 345 g/mol. The van der Waals surface area contributed by atoms with Crippen molar-refractivity contribution >= 4 is 23.2 Å². The zero-order valence-corrected chi connectivity index (χ0v) is 16.2. The smallest absolute Gasteiger partial charge is 0.0265 e. The molecule has 0 aromatic rings. The van der Waals surface area contributed by atoms with E-state index in [4.69, 9.17) is 23.2 Å². The Morgan fingerprint density at radius 3 is 1.25 bits per heavy atom. The molecule has 0 saturated heterocycles.